The first-order chi connectivity index (χ1) is 9.32. The molecule has 0 aromatic heterocycles. The number of carboxylic acids is 1. The molecule has 0 aliphatic carbocycles. The van der Waals surface area contributed by atoms with Crippen LogP contribution in [0.5, 0.6) is 0 Å². The van der Waals surface area contributed by atoms with Gasteiger partial charge in [-0.2, -0.15) is 0 Å². The number of nitrogens with zero attached hydrogens (tertiary/aromatic N) is 1. The van der Waals surface area contributed by atoms with Crippen LogP contribution in [0, 0.1) is 13.8 Å². The van der Waals surface area contributed by atoms with E-state index in [-0.39, 0.29) is 31.8 Å². The highest BCUT2D eigenvalue weighted by Crippen LogP contribution is 2.26. The Morgan fingerprint density at radius 2 is 2.10 bits per heavy atom. The zero-order chi connectivity index (χ0) is 14.9. The number of hydrogen-bond acceptors (Lipinski definition) is 2. The van der Waals surface area contributed by atoms with Gasteiger partial charge in [0.15, 0.2) is 0 Å². The predicted octanol–water partition coefficient (Wildman–Crippen LogP) is 1.87. The maximum Gasteiger partial charge on any atom is 0.343 e. The maximum atomic E-state index is 13.9. The van der Waals surface area contributed by atoms with Crippen molar-refractivity contribution in [3.8, 4) is 0 Å². The molecule has 1 unspecified atom stereocenters. The van der Waals surface area contributed by atoms with Gasteiger partial charge in [-0.25, -0.2) is 9.18 Å². The lowest BCUT2D eigenvalue weighted by molar-refractivity contribution is -0.150. The number of carbonyl (C=O) groups is 2. The van der Waals surface area contributed by atoms with Crippen LogP contribution in [-0.2, 0) is 16.0 Å². The summed E-state index contributed by atoms with van der Waals surface area (Å²) >= 11 is 0. The summed E-state index contributed by atoms with van der Waals surface area (Å²) in [7, 11) is 0. The molecule has 1 atom stereocenters. The van der Waals surface area contributed by atoms with Gasteiger partial charge >= 0.3 is 5.97 Å². The van der Waals surface area contributed by atoms with E-state index in [9.17, 15) is 14.0 Å². The minimum atomic E-state index is -2.29. The van der Waals surface area contributed by atoms with Gasteiger partial charge in [-0.3, -0.25) is 4.79 Å². The van der Waals surface area contributed by atoms with Gasteiger partial charge in [0.25, 0.3) is 0 Å². The van der Waals surface area contributed by atoms with Crippen LogP contribution in [0.2, 0.25) is 0 Å². The largest absolute Gasteiger partial charge is 0.479 e. The number of hydrogen-bond donors (Lipinski definition) is 1. The zero-order valence-electron chi connectivity index (χ0n) is 11.6. The van der Waals surface area contributed by atoms with E-state index in [1.54, 1.807) is 0 Å². The Hall–Kier alpha value is -1.91. The molecule has 1 saturated heterocycles. The highest BCUT2D eigenvalue weighted by Gasteiger charge is 2.46. The fourth-order valence-electron chi connectivity index (χ4n) is 2.43. The normalized spacial score (nSPS) is 22.1. The van der Waals surface area contributed by atoms with Gasteiger partial charge in [-0.1, -0.05) is 23.8 Å². The predicted molar refractivity (Wildman–Crippen MR) is 72.3 cm³/mol. The summed E-state index contributed by atoms with van der Waals surface area (Å²) in [5, 5.41) is 8.83. The summed E-state index contributed by atoms with van der Waals surface area (Å²) < 4.78 is 13.9. The third-order valence-corrected chi connectivity index (χ3v) is 3.80. The number of aryl methyl sites for hydroxylation is 2. The smallest absolute Gasteiger partial charge is 0.343 e. The highest BCUT2D eigenvalue weighted by atomic mass is 19.1. The van der Waals surface area contributed by atoms with Crippen molar-refractivity contribution in [1.29, 1.82) is 0 Å². The molecular formula is C15H18FNO3. The standard InChI is InChI=1S/C15H18FNO3/c1-10-3-4-11(2)12(7-10)8-13(18)17-6-5-15(16,9-17)14(19)20/h3-4,7H,5-6,8-9H2,1-2H3,(H,19,20). The first-order valence-electron chi connectivity index (χ1n) is 6.58. The molecule has 1 amide bonds. The second-order valence-electron chi connectivity index (χ2n) is 5.44. The van der Waals surface area contributed by atoms with E-state index < -0.39 is 11.6 Å². The SMILES string of the molecule is Cc1ccc(C)c(CC(=O)N2CCC(F)(C(=O)O)C2)c1. The van der Waals surface area contributed by atoms with Crippen LogP contribution in [0.1, 0.15) is 23.1 Å². The molecule has 108 valence electrons. The molecule has 1 fully saturated rings. The number of likely N-dealkylation sites (tertiary alicyclic amines) is 1. The lowest BCUT2D eigenvalue weighted by atomic mass is 10.0. The molecule has 1 N–H and O–H groups in total. The van der Waals surface area contributed by atoms with Gasteiger partial charge in [0.2, 0.25) is 11.6 Å². The molecule has 2 rings (SSSR count). The van der Waals surface area contributed by atoms with Crippen LogP contribution in [0.4, 0.5) is 4.39 Å². The van der Waals surface area contributed by atoms with Gasteiger partial charge in [0, 0.05) is 13.0 Å². The summed E-state index contributed by atoms with van der Waals surface area (Å²) in [6.45, 7) is 3.67. The van der Waals surface area contributed by atoms with Gasteiger partial charge in [0.05, 0.1) is 13.0 Å². The first-order valence-corrected chi connectivity index (χ1v) is 6.58. The number of rotatable bonds is 3. The molecule has 0 radical (unpaired) electrons. The number of halogens is 1. The van der Waals surface area contributed by atoms with Crippen LogP contribution in [-0.4, -0.2) is 40.6 Å². The quantitative estimate of drug-likeness (QED) is 0.919. The fraction of sp³-hybridized carbons (Fsp3) is 0.467. The van der Waals surface area contributed by atoms with E-state index in [0.29, 0.717) is 0 Å². The topological polar surface area (TPSA) is 57.6 Å². The third kappa shape index (κ3) is 2.81. The van der Waals surface area contributed by atoms with E-state index in [4.69, 9.17) is 5.11 Å². The van der Waals surface area contributed by atoms with Gasteiger partial charge in [0.1, 0.15) is 0 Å². The minimum absolute atomic E-state index is 0.138. The summed E-state index contributed by atoms with van der Waals surface area (Å²) in [4.78, 5) is 24.3. The molecule has 1 aromatic rings. The van der Waals surface area contributed by atoms with E-state index in [1.807, 2.05) is 32.0 Å². The number of carboxylic acid groups (broad SMARTS) is 1. The van der Waals surface area contributed by atoms with Crippen molar-refractivity contribution in [2.45, 2.75) is 32.4 Å². The summed E-state index contributed by atoms with van der Waals surface area (Å²) in [5.41, 5.74) is 0.678. The van der Waals surface area contributed by atoms with E-state index in [2.05, 4.69) is 0 Å². The molecule has 1 aromatic carbocycles. The Morgan fingerprint density at radius 3 is 2.70 bits per heavy atom. The number of aliphatic carboxylic acids is 1. The lowest BCUT2D eigenvalue weighted by Crippen LogP contribution is -2.39. The van der Waals surface area contributed by atoms with Crippen LogP contribution in [0.25, 0.3) is 0 Å². The molecule has 5 heteroatoms. The molecule has 1 heterocycles. The minimum Gasteiger partial charge on any atom is -0.479 e. The second kappa shape index (κ2) is 5.23. The van der Waals surface area contributed by atoms with Crippen molar-refractivity contribution in [1.82, 2.24) is 4.90 Å². The van der Waals surface area contributed by atoms with Gasteiger partial charge in [-0.15, -0.1) is 0 Å². The summed E-state index contributed by atoms with van der Waals surface area (Å²) in [5.74, 6) is -1.71. The van der Waals surface area contributed by atoms with Crippen molar-refractivity contribution in [3.63, 3.8) is 0 Å². The van der Waals surface area contributed by atoms with E-state index in [1.165, 1.54) is 4.90 Å². The van der Waals surface area contributed by atoms with Crippen LogP contribution < -0.4 is 0 Å². The average Bonchev–Trinajstić information content (AvgIpc) is 2.78. The Kier molecular flexibility index (Phi) is 3.79. The van der Waals surface area contributed by atoms with Gasteiger partial charge in [-0.05, 0) is 25.0 Å². The monoisotopic (exact) mass is 279 g/mol. The van der Waals surface area contributed by atoms with Crippen molar-refractivity contribution in [2.24, 2.45) is 0 Å². The molecule has 0 spiro atoms. The Balaban J connectivity index is 2.07. The second-order valence-corrected chi connectivity index (χ2v) is 5.44. The lowest BCUT2D eigenvalue weighted by Gasteiger charge is -2.18. The van der Waals surface area contributed by atoms with Crippen molar-refractivity contribution in [2.75, 3.05) is 13.1 Å². The van der Waals surface area contributed by atoms with Gasteiger partial charge < -0.3 is 10.0 Å². The maximum absolute atomic E-state index is 13.9. The van der Waals surface area contributed by atoms with Crippen LogP contribution >= 0.6 is 0 Å². The third-order valence-electron chi connectivity index (χ3n) is 3.80. The number of alkyl halides is 1. The Bertz CT molecular complexity index is 558. The Morgan fingerprint density at radius 1 is 1.40 bits per heavy atom. The van der Waals surface area contributed by atoms with E-state index in [0.717, 1.165) is 16.7 Å². The summed E-state index contributed by atoms with van der Waals surface area (Å²) in [6, 6.07) is 5.85. The molecule has 0 saturated carbocycles. The number of benzene rings is 1. The number of amides is 1. The van der Waals surface area contributed by atoms with Crippen molar-refractivity contribution < 1.29 is 19.1 Å². The average molecular weight is 279 g/mol. The molecule has 1 aliphatic heterocycles. The van der Waals surface area contributed by atoms with Crippen LogP contribution in [0.15, 0.2) is 18.2 Å². The molecule has 1 aliphatic rings. The summed E-state index contributed by atoms with van der Waals surface area (Å²) in [6.07, 6.45) is 0.0457. The van der Waals surface area contributed by atoms with Crippen molar-refractivity contribution >= 4 is 11.9 Å². The Labute approximate surface area is 117 Å². The highest BCUT2D eigenvalue weighted by molar-refractivity contribution is 5.83. The molecule has 0 bridgehead atoms. The molecule has 4 nitrogen and oxygen atoms in total. The molecule has 20 heavy (non-hydrogen) atoms. The zero-order valence-corrected chi connectivity index (χ0v) is 11.6. The van der Waals surface area contributed by atoms with E-state index >= 15 is 0 Å². The molecular weight excluding hydrogens is 261 g/mol. The van der Waals surface area contributed by atoms with Crippen LogP contribution in [0.3, 0.4) is 0 Å². The van der Waals surface area contributed by atoms with Crippen molar-refractivity contribution in [3.05, 3.63) is 34.9 Å². The fourth-order valence-corrected chi connectivity index (χ4v) is 2.43. The number of carbonyl (C=O) groups excluding carboxylic acids is 1. The first kappa shape index (κ1) is 14.5.